The maximum atomic E-state index is 13.2. The highest BCUT2D eigenvalue weighted by atomic mass is 19.4. The first-order valence-electron chi connectivity index (χ1n) is 14.7. The van der Waals surface area contributed by atoms with E-state index in [0.717, 1.165) is 22.7 Å². The second kappa shape index (κ2) is 12.7. The number of anilines is 2. The molecular weight excluding hydrogens is 617 g/mol. The predicted octanol–water partition coefficient (Wildman–Crippen LogP) is 3.45. The molecule has 47 heavy (non-hydrogen) atoms. The van der Waals surface area contributed by atoms with Crippen LogP contribution in [-0.2, 0) is 26.1 Å². The van der Waals surface area contributed by atoms with Crippen LogP contribution in [0, 0.1) is 17.8 Å². The molecule has 4 amide bonds. The van der Waals surface area contributed by atoms with E-state index in [9.17, 15) is 37.1 Å². The van der Waals surface area contributed by atoms with Crippen molar-refractivity contribution in [2.24, 2.45) is 5.92 Å². The van der Waals surface area contributed by atoms with Gasteiger partial charge in [-0.3, -0.25) is 28.8 Å². The Morgan fingerprint density at radius 3 is 2.38 bits per heavy atom. The molecule has 0 aliphatic carbocycles. The largest absolute Gasteiger partial charge is 0.416 e. The van der Waals surface area contributed by atoms with Gasteiger partial charge in [0.15, 0.2) is 0 Å². The number of aromatic nitrogens is 2. The average Bonchev–Trinajstić information content (AvgIpc) is 3.59. The average molecular weight is 649 g/mol. The van der Waals surface area contributed by atoms with E-state index >= 15 is 0 Å². The summed E-state index contributed by atoms with van der Waals surface area (Å²) in [5.74, 6) is 4.06. The molecule has 5 rings (SSSR count). The number of hydrogen-bond donors (Lipinski definition) is 2. The number of imide groups is 1. The third-order valence-corrected chi connectivity index (χ3v) is 8.17. The van der Waals surface area contributed by atoms with Gasteiger partial charge in [-0.25, -0.2) is 0 Å². The maximum Gasteiger partial charge on any atom is 0.416 e. The summed E-state index contributed by atoms with van der Waals surface area (Å²) in [7, 11) is 1.40. The smallest absolute Gasteiger partial charge is 0.369 e. The van der Waals surface area contributed by atoms with E-state index in [1.54, 1.807) is 38.2 Å². The molecule has 0 spiro atoms. The molecule has 1 unspecified atom stereocenters. The predicted molar refractivity (Wildman–Crippen MR) is 164 cm³/mol. The van der Waals surface area contributed by atoms with Gasteiger partial charge < -0.3 is 20.3 Å². The van der Waals surface area contributed by atoms with E-state index in [-0.39, 0.29) is 35.6 Å². The van der Waals surface area contributed by atoms with E-state index in [2.05, 4.69) is 27.6 Å². The molecule has 2 aromatic carbocycles. The van der Waals surface area contributed by atoms with Gasteiger partial charge in [-0.05, 0) is 62.7 Å². The second-order valence-corrected chi connectivity index (χ2v) is 11.7. The van der Waals surface area contributed by atoms with Gasteiger partial charge in [0, 0.05) is 44.1 Å². The summed E-state index contributed by atoms with van der Waals surface area (Å²) in [6.07, 6.45) is -0.653. The highest BCUT2D eigenvalue weighted by molar-refractivity contribution is 6.23. The summed E-state index contributed by atoms with van der Waals surface area (Å²) >= 11 is 0. The van der Waals surface area contributed by atoms with Gasteiger partial charge in [0.1, 0.15) is 17.9 Å². The lowest BCUT2D eigenvalue weighted by molar-refractivity contribution is -0.137. The van der Waals surface area contributed by atoms with Crippen molar-refractivity contribution in [2.45, 2.75) is 44.4 Å². The van der Waals surface area contributed by atoms with Gasteiger partial charge in [-0.15, -0.1) is 0 Å². The maximum absolute atomic E-state index is 13.2. The van der Waals surface area contributed by atoms with E-state index in [1.165, 1.54) is 30.1 Å². The van der Waals surface area contributed by atoms with Crippen molar-refractivity contribution < 1.29 is 37.1 Å². The summed E-state index contributed by atoms with van der Waals surface area (Å²) in [4.78, 5) is 65.4. The van der Waals surface area contributed by atoms with Crippen molar-refractivity contribution in [2.75, 3.05) is 30.4 Å². The number of halogens is 3. The molecule has 2 aliphatic rings. The first-order chi connectivity index (χ1) is 22.2. The summed E-state index contributed by atoms with van der Waals surface area (Å²) in [6, 6.07) is 8.01. The fraction of sp³-hybridized carbons (Fsp3) is 0.333. The normalized spacial score (nSPS) is 15.4. The molecule has 0 radical (unpaired) electrons. The lowest BCUT2D eigenvalue weighted by Crippen LogP contribution is -2.48. The number of likely N-dealkylation sites (N-methyl/N-ethyl adjacent to an activating group) is 1. The van der Waals surface area contributed by atoms with E-state index in [1.807, 2.05) is 4.90 Å². The van der Waals surface area contributed by atoms with Crippen LogP contribution in [0.2, 0.25) is 0 Å². The molecule has 1 saturated heterocycles. The Morgan fingerprint density at radius 1 is 1.06 bits per heavy atom. The van der Waals surface area contributed by atoms with E-state index in [0.29, 0.717) is 24.9 Å². The Hall–Kier alpha value is -5.45. The summed E-state index contributed by atoms with van der Waals surface area (Å²) in [6.45, 7) is 4.37. The lowest BCUT2D eigenvalue weighted by Gasteiger charge is -2.38. The number of carbonyl (C=O) groups excluding carboxylic acids is 5. The zero-order chi connectivity index (χ0) is 34.1. The summed E-state index contributed by atoms with van der Waals surface area (Å²) in [5, 5.41) is 9.34. The minimum Gasteiger partial charge on any atom is -0.369 e. The van der Waals surface area contributed by atoms with Crippen LogP contribution in [0.25, 0.3) is 0 Å². The molecule has 0 saturated carbocycles. The first-order valence-corrected chi connectivity index (χ1v) is 14.7. The quantitative estimate of drug-likeness (QED) is 0.206. The number of rotatable bonds is 9. The molecular formula is C33H31F3N6O5. The van der Waals surface area contributed by atoms with Gasteiger partial charge in [-0.2, -0.15) is 18.3 Å². The highest BCUT2D eigenvalue weighted by Gasteiger charge is 2.43. The molecule has 3 heterocycles. The highest BCUT2D eigenvalue weighted by Crippen LogP contribution is 2.33. The minimum atomic E-state index is -4.47. The SMILES string of the molecule is CNC(=O)C(CCC=O)N1C(=O)c2ccc(N3CC(C#Cc4cnn(C(C)(C)C(=O)Nc5ccc(C(F)(F)F)cc5)c4)C3)cc2C1=O. The molecule has 1 aromatic heterocycles. The fourth-order valence-corrected chi connectivity index (χ4v) is 5.29. The lowest BCUT2D eigenvalue weighted by atomic mass is 9.98. The van der Waals surface area contributed by atoms with Gasteiger partial charge in [0.05, 0.1) is 34.4 Å². The van der Waals surface area contributed by atoms with Crippen molar-refractivity contribution in [1.82, 2.24) is 20.0 Å². The van der Waals surface area contributed by atoms with Gasteiger partial charge in [0.2, 0.25) is 5.91 Å². The Balaban J connectivity index is 1.20. The van der Waals surface area contributed by atoms with Crippen LogP contribution in [0.5, 0.6) is 0 Å². The second-order valence-electron chi connectivity index (χ2n) is 11.7. The van der Waals surface area contributed by atoms with E-state index in [4.69, 9.17) is 0 Å². The topological polar surface area (TPSA) is 134 Å². The van der Waals surface area contributed by atoms with E-state index < -0.39 is 46.9 Å². The number of alkyl halides is 3. The third-order valence-electron chi connectivity index (χ3n) is 8.17. The number of nitrogens with zero attached hydrogens (tertiary/aromatic N) is 4. The van der Waals surface area contributed by atoms with Crippen LogP contribution in [-0.4, -0.2) is 70.8 Å². The molecule has 1 fully saturated rings. The molecule has 14 heteroatoms. The van der Waals surface area contributed by atoms with Crippen LogP contribution >= 0.6 is 0 Å². The number of nitrogens with one attached hydrogen (secondary N) is 2. The van der Waals surface area contributed by atoms with Gasteiger partial charge >= 0.3 is 6.18 Å². The standard InChI is InChI=1S/C33H31F3N6O5/c1-32(2,31(47)39-23-10-8-22(9-11-23)33(34,35)36)41-19-20(16-38-41)6-7-21-17-40(18-21)24-12-13-25-26(15-24)30(46)42(29(25)45)27(5-4-14-43)28(44)37-3/h8-16,19,21,27H,4-5,17-18H2,1-3H3,(H,37,44)(H,39,47). The Morgan fingerprint density at radius 2 is 1.74 bits per heavy atom. The molecule has 2 aliphatic heterocycles. The Bertz CT molecular complexity index is 1800. The number of aldehydes is 1. The fourth-order valence-electron chi connectivity index (χ4n) is 5.29. The molecule has 244 valence electrons. The Kier molecular flexibility index (Phi) is 8.93. The number of fused-ring (bicyclic) bond motifs is 1. The van der Waals surface area contributed by atoms with Crippen LogP contribution in [0.1, 0.15) is 58.5 Å². The number of carbonyl (C=O) groups is 5. The minimum absolute atomic E-state index is 0.00242. The summed E-state index contributed by atoms with van der Waals surface area (Å²) < 4.78 is 40.0. The van der Waals surface area contributed by atoms with Crippen molar-refractivity contribution >= 4 is 41.3 Å². The molecule has 2 N–H and O–H groups in total. The molecule has 11 nitrogen and oxygen atoms in total. The first kappa shape index (κ1) is 32.9. The van der Waals surface area contributed by atoms with Crippen molar-refractivity contribution in [3.05, 3.63) is 77.1 Å². The summed E-state index contributed by atoms with van der Waals surface area (Å²) in [5.41, 5.74) is -0.0818. The zero-order valence-electron chi connectivity index (χ0n) is 25.7. The van der Waals surface area contributed by atoms with Crippen LogP contribution in [0.15, 0.2) is 54.9 Å². The van der Waals surface area contributed by atoms with Gasteiger partial charge in [0.25, 0.3) is 17.7 Å². The number of hydrogen-bond acceptors (Lipinski definition) is 7. The number of amides is 4. The molecule has 0 bridgehead atoms. The van der Waals surface area contributed by atoms with Crippen molar-refractivity contribution in [3.63, 3.8) is 0 Å². The van der Waals surface area contributed by atoms with Crippen molar-refractivity contribution in [3.8, 4) is 11.8 Å². The third kappa shape index (κ3) is 6.60. The molecule has 1 atom stereocenters. The van der Waals surface area contributed by atoms with Crippen molar-refractivity contribution in [1.29, 1.82) is 0 Å². The van der Waals surface area contributed by atoms with Crippen LogP contribution in [0.3, 0.4) is 0 Å². The van der Waals surface area contributed by atoms with Crippen LogP contribution in [0.4, 0.5) is 24.5 Å². The van der Waals surface area contributed by atoms with Gasteiger partial charge in [-0.1, -0.05) is 11.8 Å². The zero-order valence-corrected chi connectivity index (χ0v) is 25.7. The molecule has 3 aromatic rings. The monoisotopic (exact) mass is 648 g/mol. The van der Waals surface area contributed by atoms with Crippen LogP contribution < -0.4 is 15.5 Å². The number of benzene rings is 2. The Labute approximate surface area is 268 Å².